The highest BCUT2D eigenvalue weighted by Gasteiger charge is 2.13. The van der Waals surface area contributed by atoms with Crippen LogP contribution < -0.4 is 4.74 Å². The Morgan fingerprint density at radius 2 is 1.96 bits per heavy atom. The molecular formula is C19H20FNO3S. The summed E-state index contributed by atoms with van der Waals surface area (Å²) in [6, 6.07) is 11.8. The highest BCUT2D eigenvalue weighted by molar-refractivity contribution is 8.00. The molecule has 0 heterocycles. The molecule has 0 radical (unpaired) electrons. The molecule has 2 aromatic rings. The van der Waals surface area contributed by atoms with Gasteiger partial charge in [0.15, 0.2) is 5.78 Å². The molecule has 132 valence electrons. The molecule has 4 nitrogen and oxygen atoms in total. The van der Waals surface area contributed by atoms with Crippen LogP contribution in [0.1, 0.15) is 22.8 Å². The molecule has 25 heavy (non-hydrogen) atoms. The minimum absolute atomic E-state index is 0.108. The van der Waals surface area contributed by atoms with Crippen LogP contribution in [0.25, 0.3) is 0 Å². The summed E-state index contributed by atoms with van der Waals surface area (Å²) in [4.78, 5) is 25.4. The van der Waals surface area contributed by atoms with E-state index in [9.17, 15) is 14.0 Å². The first-order valence-electron chi connectivity index (χ1n) is 7.71. The number of ether oxygens (including phenoxy) is 1. The van der Waals surface area contributed by atoms with Gasteiger partial charge in [-0.25, -0.2) is 4.39 Å². The maximum atomic E-state index is 14.0. The third kappa shape index (κ3) is 5.32. The van der Waals surface area contributed by atoms with E-state index < -0.39 is 5.82 Å². The maximum Gasteiger partial charge on any atom is 0.232 e. The number of nitrogens with zero attached hydrogens (tertiary/aromatic N) is 1. The van der Waals surface area contributed by atoms with Crippen molar-refractivity contribution < 1.29 is 18.7 Å². The predicted molar refractivity (Wildman–Crippen MR) is 96.6 cm³/mol. The fourth-order valence-electron chi connectivity index (χ4n) is 2.22. The summed E-state index contributed by atoms with van der Waals surface area (Å²) in [5.74, 6) is 0.0743. The number of carbonyl (C=O) groups is 2. The van der Waals surface area contributed by atoms with Crippen molar-refractivity contribution in [3.63, 3.8) is 0 Å². The first-order chi connectivity index (χ1) is 11.9. The van der Waals surface area contributed by atoms with Crippen LogP contribution in [0.3, 0.4) is 0 Å². The van der Waals surface area contributed by atoms with E-state index in [0.29, 0.717) is 17.0 Å². The number of benzene rings is 2. The number of thioether (sulfide) groups is 1. The average Bonchev–Trinajstić information content (AvgIpc) is 2.60. The molecule has 0 spiro atoms. The average molecular weight is 361 g/mol. The van der Waals surface area contributed by atoms with E-state index in [4.69, 9.17) is 4.74 Å². The molecule has 2 aromatic carbocycles. The zero-order valence-corrected chi connectivity index (χ0v) is 15.2. The van der Waals surface area contributed by atoms with E-state index in [1.54, 1.807) is 25.1 Å². The van der Waals surface area contributed by atoms with Crippen molar-refractivity contribution in [2.75, 3.05) is 19.9 Å². The maximum absolute atomic E-state index is 14.0. The second kappa shape index (κ2) is 8.67. The van der Waals surface area contributed by atoms with E-state index >= 15 is 0 Å². The van der Waals surface area contributed by atoms with Gasteiger partial charge in [0.2, 0.25) is 5.91 Å². The molecule has 6 heteroatoms. The molecular weight excluding hydrogens is 341 g/mol. The summed E-state index contributed by atoms with van der Waals surface area (Å²) in [5.41, 5.74) is 1.28. The number of amides is 1. The molecule has 0 aromatic heterocycles. The molecule has 2 rings (SSSR count). The van der Waals surface area contributed by atoms with Gasteiger partial charge in [-0.1, -0.05) is 18.2 Å². The van der Waals surface area contributed by atoms with E-state index in [1.165, 1.54) is 19.1 Å². The van der Waals surface area contributed by atoms with Crippen molar-refractivity contribution in [1.29, 1.82) is 0 Å². The van der Waals surface area contributed by atoms with Crippen LogP contribution in [0.4, 0.5) is 4.39 Å². The largest absolute Gasteiger partial charge is 0.497 e. The predicted octanol–water partition coefficient (Wildman–Crippen LogP) is 3.79. The van der Waals surface area contributed by atoms with E-state index in [1.807, 2.05) is 24.3 Å². The van der Waals surface area contributed by atoms with Crippen LogP contribution >= 0.6 is 11.8 Å². The minimum Gasteiger partial charge on any atom is -0.497 e. The van der Waals surface area contributed by atoms with Crippen molar-refractivity contribution in [2.45, 2.75) is 18.4 Å². The molecule has 1 amide bonds. The summed E-state index contributed by atoms with van der Waals surface area (Å²) in [7, 11) is 3.30. The monoisotopic (exact) mass is 361 g/mol. The molecule has 0 saturated carbocycles. The Hall–Kier alpha value is -2.34. The van der Waals surface area contributed by atoms with Gasteiger partial charge in [0.05, 0.1) is 12.9 Å². The van der Waals surface area contributed by atoms with E-state index in [-0.39, 0.29) is 17.4 Å². The Morgan fingerprint density at radius 1 is 1.20 bits per heavy atom. The molecule has 0 bridgehead atoms. The zero-order chi connectivity index (χ0) is 18.4. The van der Waals surface area contributed by atoms with Gasteiger partial charge in [0.25, 0.3) is 0 Å². The Balaban J connectivity index is 1.94. The summed E-state index contributed by atoms with van der Waals surface area (Å²) in [5, 5.41) is 0. The Kier molecular flexibility index (Phi) is 6.58. The molecule has 0 atom stereocenters. The molecule has 0 aliphatic heterocycles. The van der Waals surface area contributed by atoms with Crippen molar-refractivity contribution in [3.05, 3.63) is 59.4 Å². The van der Waals surface area contributed by atoms with Gasteiger partial charge < -0.3 is 9.64 Å². The van der Waals surface area contributed by atoms with Crippen molar-refractivity contribution in [3.8, 4) is 5.75 Å². The first-order valence-corrected chi connectivity index (χ1v) is 8.69. The molecule has 0 fully saturated rings. The van der Waals surface area contributed by atoms with E-state index in [0.717, 1.165) is 23.1 Å². The van der Waals surface area contributed by atoms with Gasteiger partial charge in [-0.05, 0) is 36.8 Å². The lowest BCUT2D eigenvalue weighted by atomic mass is 10.1. The summed E-state index contributed by atoms with van der Waals surface area (Å²) in [6.07, 6.45) is 0. The van der Waals surface area contributed by atoms with E-state index in [2.05, 4.69) is 0 Å². The number of hydrogen-bond donors (Lipinski definition) is 0. The number of carbonyl (C=O) groups excluding carboxylic acids is 2. The van der Waals surface area contributed by atoms with Gasteiger partial charge in [0, 0.05) is 24.1 Å². The number of halogens is 1. The smallest absolute Gasteiger partial charge is 0.232 e. The highest BCUT2D eigenvalue weighted by Crippen LogP contribution is 2.23. The number of methoxy groups -OCH3 is 1. The topological polar surface area (TPSA) is 46.6 Å². The quantitative estimate of drug-likeness (QED) is 0.556. The number of rotatable bonds is 7. The van der Waals surface area contributed by atoms with Gasteiger partial charge in [-0.2, -0.15) is 0 Å². The lowest BCUT2D eigenvalue weighted by molar-refractivity contribution is -0.127. The molecule has 0 N–H and O–H groups in total. The highest BCUT2D eigenvalue weighted by atomic mass is 32.2. The first kappa shape index (κ1) is 19.0. The Labute approximate surface area is 151 Å². The standard InChI is InChI=1S/C19H20FNO3S/c1-13(22)15-7-8-18(17(20)10-15)25-12-19(23)21(2)11-14-5-4-6-16(9-14)24-3/h4-10H,11-12H2,1-3H3. The van der Waals surface area contributed by atoms with Crippen LogP contribution in [0, 0.1) is 5.82 Å². The van der Waals surface area contributed by atoms with Crippen LogP contribution in [-0.2, 0) is 11.3 Å². The summed E-state index contributed by atoms with van der Waals surface area (Å²) in [6.45, 7) is 1.83. The van der Waals surface area contributed by atoms with Crippen LogP contribution in [-0.4, -0.2) is 36.5 Å². The van der Waals surface area contributed by atoms with Crippen LogP contribution in [0.5, 0.6) is 5.75 Å². The minimum atomic E-state index is -0.485. The fourth-order valence-corrected chi connectivity index (χ4v) is 3.08. The molecule has 0 saturated heterocycles. The van der Waals surface area contributed by atoms with Gasteiger partial charge in [0.1, 0.15) is 11.6 Å². The van der Waals surface area contributed by atoms with Crippen molar-refractivity contribution in [1.82, 2.24) is 4.90 Å². The van der Waals surface area contributed by atoms with Gasteiger partial charge in [-0.15, -0.1) is 11.8 Å². The van der Waals surface area contributed by atoms with Gasteiger partial charge in [-0.3, -0.25) is 9.59 Å². The summed E-state index contributed by atoms with van der Waals surface area (Å²) >= 11 is 1.12. The van der Waals surface area contributed by atoms with Crippen molar-refractivity contribution >= 4 is 23.5 Å². The Morgan fingerprint density at radius 3 is 2.60 bits per heavy atom. The number of hydrogen-bond acceptors (Lipinski definition) is 4. The fraction of sp³-hybridized carbons (Fsp3) is 0.263. The SMILES string of the molecule is COc1cccc(CN(C)C(=O)CSc2ccc(C(C)=O)cc2F)c1. The van der Waals surface area contributed by atoms with Crippen LogP contribution in [0.15, 0.2) is 47.4 Å². The molecule has 0 aliphatic rings. The Bertz CT molecular complexity index is 779. The second-order valence-corrected chi connectivity index (χ2v) is 6.61. The molecule has 0 unspecified atom stereocenters. The van der Waals surface area contributed by atoms with Crippen LogP contribution in [0.2, 0.25) is 0 Å². The molecule has 0 aliphatic carbocycles. The lowest BCUT2D eigenvalue weighted by Crippen LogP contribution is -2.27. The summed E-state index contributed by atoms with van der Waals surface area (Å²) < 4.78 is 19.1. The zero-order valence-electron chi connectivity index (χ0n) is 14.4. The van der Waals surface area contributed by atoms with Gasteiger partial charge >= 0.3 is 0 Å². The second-order valence-electron chi connectivity index (χ2n) is 5.59. The lowest BCUT2D eigenvalue weighted by Gasteiger charge is -2.17. The normalized spacial score (nSPS) is 10.4. The van der Waals surface area contributed by atoms with Crippen molar-refractivity contribution in [2.24, 2.45) is 0 Å². The number of Topliss-reactive ketones (excluding diaryl/α,β-unsaturated/α-hetero) is 1. The number of ketones is 1. The third-order valence-corrected chi connectivity index (χ3v) is 4.70. The third-order valence-electron chi connectivity index (χ3n) is 3.67.